The van der Waals surface area contributed by atoms with Crippen molar-refractivity contribution in [3.8, 4) is 28.6 Å². The van der Waals surface area contributed by atoms with Crippen LogP contribution in [0.1, 0.15) is 11.1 Å². The van der Waals surface area contributed by atoms with Gasteiger partial charge in [0, 0.05) is 28.4 Å². The Morgan fingerprint density at radius 1 is 1.09 bits per heavy atom. The largest absolute Gasteiger partial charge is 0.497 e. The molecular weight excluding hydrogens is 424 g/mol. The maximum Gasteiger partial charge on any atom is 0.273 e. The minimum atomic E-state index is -0.447. The van der Waals surface area contributed by atoms with E-state index in [2.05, 4.69) is 15.5 Å². The molecule has 1 amide bonds. The number of benzene rings is 3. The third kappa shape index (κ3) is 4.87. The molecule has 0 atom stereocenters. The van der Waals surface area contributed by atoms with Crippen molar-refractivity contribution in [2.45, 2.75) is 13.3 Å². The van der Waals surface area contributed by atoms with Crippen LogP contribution in [0.4, 0.5) is 11.4 Å². The van der Waals surface area contributed by atoms with E-state index in [1.165, 1.54) is 6.07 Å². The molecule has 0 saturated carbocycles. The number of ether oxygens (including phenoxy) is 1. The van der Waals surface area contributed by atoms with Gasteiger partial charge in [0.2, 0.25) is 11.7 Å². The summed E-state index contributed by atoms with van der Waals surface area (Å²) in [5, 5.41) is 18.0. The Morgan fingerprint density at radius 2 is 1.82 bits per heavy atom. The topological polar surface area (TPSA) is 120 Å². The predicted octanol–water partition coefficient (Wildman–Crippen LogP) is 4.81. The maximum absolute atomic E-state index is 12.3. The normalized spacial score (nSPS) is 10.6. The van der Waals surface area contributed by atoms with Crippen LogP contribution in [0.15, 0.2) is 71.3 Å². The Labute approximate surface area is 189 Å². The minimum absolute atomic E-state index is 0.0121. The molecule has 4 aromatic rings. The van der Waals surface area contributed by atoms with Crippen LogP contribution < -0.4 is 10.1 Å². The van der Waals surface area contributed by atoms with Crippen molar-refractivity contribution in [1.29, 1.82) is 0 Å². The summed E-state index contributed by atoms with van der Waals surface area (Å²) in [5.74, 6) is 1.13. The summed E-state index contributed by atoms with van der Waals surface area (Å²) < 4.78 is 10.5. The van der Waals surface area contributed by atoms with Crippen LogP contribution in [0.2, 0.25) is 0 Å². The molecule has 1 N–H and O–H groups in total. The van der Waals surface area contributed by atoms with Gasteiger partial charge in [-0.2, -0.15) is 4.98 Å². The fourth-order valence-electron chi connectivity index (χ4n) is 3.34. The molecule has 0 saturated heterocycles. The maximum atomic E-state index is 12.3. The van der Waals surface area contributed by atoms with Crippen molar-refractivity contribution in [3.05, 3.63) is 88.0 Å². The number of nitro benzene ring substituents is 1. The zero-order chi connectivity index (χ0) is 23.4. The lowest BCUT2D eigenvalue weighted by atomic mass is 10.1. The molecule has 9 nitrogen and oxygen atoms in total. The smallest absolute Gasteiger partial charge is 0.273 e. The van der Waals surface area contributed by atoms with E-state index in [0.717, 1.165) is 11.3 Å². The van der Waals surface area contributed by atoms with Gasteiger partial charge < -0.3 is 14.6 Å². The Hall–Kier alpha value is -4.53. The number of nitrogens with one attached hydrogen (secondary N) is 1. The number of rotatable bonds is 7. The molecule has 0 bridgehead atoms. The lowest BCUT2D eigenvalue weighted by molar-refractivity contribution is -0.385. The van der Waals surface area contributed by atoms with Crippen molar-refractivity contribution in [2.24, 2.45) is 0 Å². The minimum Gasteiger partial charge on any atom is -0.497 e. The van der Waals surface area contributed by atoms with E-state index < -0.39 is 4.92 Å². The Bertz CT molecular complexity index is 1300. The molecule has 1 heterocycles. The second kappa shape index (κ2) is 9.31. The predicted molar refractivity (Wildman–Crippen MR) is 122 cm³/mol. The first-order valence-corrected chi connectivity index (χ1v) is 10.1. The molecule has 0 unspecified atom stereocenters. The molecule has 0 fully saturated rings. The van der Waals surface area contributed by atoms with Gasteiger partial charge in [0.05, 0.1) is 18.5 Å². The summed E-state index contributed by atoms with van der Waals surface area (Å²) in [7, 11) is 1.59. The van der Waals surface area contributed by atoms with Crippen molar-refractivity contribution in [1.82, 2.24) is 10.1 Å². The number of carbonyl (C=O) groups is 1. The van der Waals surface area contributed by atoms with E-state index in [0.29, 0.717) is 28.2 Å². The third-order valence-corrected chi connectivity index (χ3v) is 5.11. The summed E-state index contributed by atoms with van der Waals surface area (Å²) in [5.41, 5.74) is 3.14. The van der Waals surface area contributed by atoms with Crippen LogP contribution in [0, 0.1) is 17.0 Å². The molecule has 0 spiro atoms. The highest BCUT2D eigenvalue weighted by atomic mass is 16.6. The molecule has 0 aliphatic heterocycles. The molecule has 0 radical (unpaired) electrons. The van der Waals surface area contributed by atoms with Crippen LogP contribution in [-0.4, -0.2) is 28.1 Å². The summed E-state index contributed by atoms with van der Waals surface area (Å²) in [6, 6.07) is 19.0. The third-order valence-electron chi connectivity index (χ3n) is 5.11. The first-order valence-electron chi connectivity index (χ1n) is 10.1. The van der Waals surface area contributed by atoms with Crippen molar-refractivity contribution >= 4 is 17.3 Å². The summed E-state index contributed by atoms with van der Waals surface area (Å²) in [6.45, 7) is 1.64. The second-order valence-electron chi connectivity index (χ2n) is 7.28. The summed E-state index contributed by atoms with van der Waals surface area (Å²) in [4.78, 5) is 27.4. The van der Waals surface area contributed by atoms with Crippen molar-refractivity contribution in [2.75, 3.05) is 12.4 Å². The van der Waals surface area contributed by atoms with Crippen LogP contribution in [0.25, 0.3) is 22.8 Å². The molecule has 3 aromatic carbocycles. The van der Waals surface area contributed by atoms with Gasteiger partial charge in [-0.15, -0.1) is 0 Å². The first-order chi connectivity index (χ1) is 15.9. The Kier molecular flexibility index (Phi) is 6.12. The molecule has 1 aromatic heterocycles. The second-order valence-corrected chi connectivity index (χ2v) is 7.28. The first kappa shape index (κ1) is 21.7. The van der Waals surface area contributed by atoms with Crippen LogP contribution in [0.5, 0.6) is 5.75 Å². The standard InChI is InChI=1S/C24H20N4O5/c1-15-20(4-3-5-21(15)28(30)31)24-26-23(27-33-24)17-8-10-18(11-9-17)25-22(29)14-16-6-12-19(32-2)13-7-16/h3-13H,14H2,1-2H3,(H,25,29). The zero-order valence-electron chi connectivity index (χ0n) is 17.9. The average molecular weight is 444 g/mol. The highest BCUT2D eigenvalue weighted by Crippen LogP contribution is 2.30. The molecule has 9 heteroatoms. The number of amides is 1. The Balaban J connectivity index is 1.44. The van der Waals surface area contributed by atoms with E-state index >= 15 is 0 Å². The van der Waals surface area contributed by atoms with Gasteiger partial charge in [-0.05, 0) is 55.0 Å². The van der Waals surface area contributed by atoms with Gasteiger partial charge >= 0.3 is 0 Å². The lowest BCUT2D eigenvalue weighted by Crippen LogP contribution is -2.14. The average Bonchev–Trinajstić information content (AvgIpc) is 3.30. The number of aromatic nitrogens is 2. The van der Waals surface area contributed by atoms with Gasteiger partial charge in [-0.25, -0.2) is 0 Å². The SMILES string of the molecule is COc1ccc(CC(=O)Nc2ccc(-c3noc(-c4cccc([N+](=O)[O-])c4C)n3)cc2)cc1. The molecule has 0 aliphatic carbocycles. The van der Waals surface area contributed by atoms with E-state index in [4.69, 9.17) is 9.26 Å². The van der Waals surface area contributed by atoms with Gasteiger partial charge in [-0.1, -0.05) is 23.4 Å². The number of anilines is 1. The fraction of sp³-hybridized carbons (Fsp3) is 0.125. The number of hydrogen-bond donors (Lipinski definition) is 1. The van der Waals surface area contributed by atoms with Crippen molar-refractivity contribution in [3.63, 3.8) is 0 Å². The molecular formula is C24H20N4O5. The molecule has 33 heavy (non-hydrogen) atoms. The van der Waals surface area contributed by atoms with Crippen molar-refractivity contribution < 1.29 is 19.0 Å². The fourth-order valence-corrected chi connectivity index (χ4v) is 3.34. The van der Waals surface area contributed by atoms with Gasteiger partial charge in [-0.3, -0.25) is 14.9 Å². The van der Waals surface area contributed by atoms with Crippen LogP contribution >= 0.6 is 0 Å². The van der Waals surface area contributed by atoms with E-state index in [9.17, 15) is 14.9 Å². The van der Waals surface area contributed by atoms with Gasteiger partial charge in [0.15, 0.2) is 0 Å². The highest BCUT2D eigenvalue weighted by Gasteiger charge is 2.19. The molecule has 4 rings (SSSR count). The number of nitro groups is 1. The van der Waals surface area contributed by atoms with E-state index in [1.54, 1.807) is 50.4 Å². The molecule has 166 valence electrons. The zero-order valence-corrected chi connectivity index (χ0v) is 17.9. The van der Waals surface area contributed by atoms with Crippen LogP contribution in [0.3, 0.4) is 0 Å². The van der Waals surface area contributed by atoms with Crippen LogP contribution in [-0.2, 0) is 11.2 Å². The monoisotopic (exact) mass is 444 g/mol. The number of methoxy groups -OCH3 is 1. The number of nitrogens with zero attached hydrogens (tertiary/aromatic N) is 3. The summed E-state index contributed by atoms with van der Waals surface area (Å²) in [6.07, 6.45) is 0.239. The highest BCUT2D eigenvalue weighted by molar-refractivity contribution is 5.92. The number of hydrogen-bond acceptors (Lipinski definition) is 7. The lowest BCUT2D eigenvalue weighted by Gasteiger charge is -2.06. The van der Waals surface area contributed by atoms with Gasteiger partial charge in [0.25, 0.3) is 11.6 Å². The van der Waals surface area contributed by atoms with E-state index in [1.807, 2.05) is 24.3 Å². The quantitative estimate of drug-likeness (QED) is 0.321. The van der Waals surface area contributed by atoms with Gasteiger partial charge in [0.1, 0.15) is 5.75 Å². The number of carbonyl (C=O) groups excluding carboxylic acids is 1. The van der Waals surface area contributed by atoms with E-state index in [-0.39, 0.29) is 23.9 Å². The summed E-state index contributed by atoms with van der Waals surface area (Å²) >= 11 is 0. The molecule has 0 aliphatic rings. The Morgan fingerprint density at radius 3 is 2.48 bits per heavy atom.